The maximum Gasteiger partial charge on any atom is 0.132 e. The summed E-state index contributed by atoms with van der Waals surface area (Å²) in [7, 11) is 0. The van der Waals surface area contributed by atoms with E-state index in [1.807, 2.05) is 0 Å². The third-order valence-corrected chi connectivity index (χ3v) is 2.89. The van der Waals surface area contributed by atoms with E-state index >= 15 is 0 Å². The molecule has 1 aliphatic heterocycles. The SMILES string of the molecule is C[C@H](O)c1ccc(OC2CCOCC2)cc1F. The zero-order chi connectivity index (χ0) is 12.3. The molecule has 94 valence electrons. The molecule has 1 aromatic carbocycles. The van der Waals surface area contributed by atoms with Gasteiger partial charge in [-0.1, -0.05) is 0 Å². The highest BCUT2D eigenvalue weighted by Crippen LogP contribution is 2.24. The van der Waals surface area contributed by atoms with E-state index in [4.69, 9.17) is 9.47 Å². The number of aliphatic hydroxyl groups excluding tert-OH is 1. The Balaban J connectivity index is 2.04. The Morgan fingerprint density at radius 2 is 2.12 bits per heavy atom. The monoisotopic (exact) mass is 240 g/mol. The van der Waals surface area contributed by atoms with E-state index in [1.165, 1.54) is 13.0 Å². The molecular weight excluding hydrogens is 223 g/mol. The van der Waals surface area contributed by atoms with Crippen molar-refractivity contribution < 1.29 is 19.0 Å². The summed E-state index contributed by atoms with van der Waals surface area (Å²) in [4.78, 5) is 0. The lowest BCUT2D eigenvalue weighted by Crippen LogP contribution is -2.25. The van der Waals surface area contributed by atoms with Crippen LogP contribution < -0.4 is 4.74 Å². The van der Waals surface area contributed by atoms with E-state index in [2.05, 4.69) is 0 Å². The molecule has 1 fully saturated rings. The Morgan fingerprint density at radius 3 is 2.71 bits per heavy atom. The third kappa shape index (κ3) is 3.17. The van der Waals surface area contributed by atoms with Crippen LogP contribution in [0, 0.1) is 5.82 Å². The molecule has 17 heavy (non-hydrogen) atoms. The molecule has 0 aromatic heterocycles. The molecule has 3 nitrogen and oxygen atoms in total. The first-order valence-electron chi connectivity index (χ1n) is 5.88. The highest BCUT2D eigenvalue weighted by molar-refractivity contribution is 5.30. The molecule has 1 N–H and O–H groups in total. The maximum absolute atomic E-state index is 13.6. The van der Waals surface area contributed by atoms with Gasteiger partial charge in [-0.2, -0.15) is 0 Å². The lowest BCUT2D eigenvalue weighted by atomic mass is 10.1. The van der Waals surface area contributed by atoms with Crippen LogP contribution >= 0.6 is 0 Å². The van der Waals surface area contributed by atoms with E-state index in [1.54, 1.807) is 12.1 Å². The summed E-state index contributed by atoms with van der Waals surface area (Å²) >= 11 is 0. The van der Waals surface area contributed by atoms with Gasteiger partial charge < -0.3 is 14.6 Å². The number of hydrogen-bond donors (Lipinski definition) is 1. The summed E-state index contributed by atoms with van der Waals surface area (Å²) in [5.74, 6) is 0.0864. The average molecular weight is 240 g/mol. The fraction of sp³-hybridized carbons (Fsp3) is 0.538. The molecular formula is C13H17FO3. The number of rotatable bonds is 3. The molecule has 1 saturated heterocycles. The van der Waals surface area contributed by atoms with E-state index < -0.39 is 11.9 Å². The van der Waals surface area contributed by atoms with E-state index in [-0.39, 0.29) is 6.10 Å². The molecule has 1 heterocycles. The van der Waals surface area contributed by atoms with Gasteiger partial charge in [-0.3, -0.25) is 0 Å². The number of aliphatic hydroxyl groups is 1. The van der Waals surface area contributed by atoms with Gasteiger partial charge in [-0.15, -0.1) is 0 Å². The molecule has 0 radical (unpaired) electrons. The lowest BCUT2D eigenvalue weighted by Gasteiger charge is -2.23. The maximum atomic E-state index is 13.6. The van der Waals surface area contributed by atoms with E-state index in [9.17, 15) is 9.50 Å². The van der Waals surface area contributed by atoms with Crippen LogP contribution in [0.4, 0.5) is 4.39 Å². The number of hydrogen-bond acceptors (Lipinski definition) is 3. The second-order valence-electron chi connectivity index (χ2n) is 4.29. The molecule has 1 aromatic rings. The van der Waals surface area contributed by atoms with Crippen molar-refractivity contribution >= 4 is 0 Å². The predicted octanol–water partition coefficient (Wildman–Crippen LogP) is 2.44. The summed E-state index contributed by atoms with van der Waals surface area (Å²) in [6.07, 6.45) is 0.965. The Labute approximate surface area is 100 Å². The van der Waals surface area contributed by atoms with Gasteiger partial charge >= 0.3 is 0 Å². The lowest BCUT2D eigenvalue weighted by molar-refractivity contribution is 0.0254. The van der Waals surface area contributed by atoms with Crippen molar-refractivity contribution in [3.8, 4) is 5.75 Å². The Hall–Kier alpha value is -1.13. The summed E-state index contributed by atoms with van der Waals surface area (Å²) < 4.78 is 24.5. The molecule has 0 unspecified atom stereocenters. The van der Waals surface area contributed by atoms with Crippen molar-refractivity contribution in [2.45, 2.75) is 32.0 Å². The zero-order valence-corrected chi connectivity index (χ0v) is 9.86. The molecule has 0 saturated carbocycles. The first-order chi connectivity index (χ1) is 8.16. The normalized spacial score (nSPS) is 19.0. The van der Waals surface area contributed by atoms with Gasteiger partial charge in [0.2, 0.25) is 0 Å². The highest BCUT2D eigenvalue weighted by atomic mass is 19.1. The van der Waals surface area contributed by atoms with Gasteiger partial charge in [0.25, 0.3) is 0 Å². The van der Waals surface area contributed by atoms with Gasteiger partial charge in [-0.05, 0) is 19.1 Å². The highest BCUT2D eigenvalue weighted by Gasteiger charge is 2.16. The average Bonchev–Trinajstić information content (AvgIpc) is 2.30. The molecule has 1 atom stereocenters. The Kier molecular flexibility index (Phi) is 3.97. The van der Waals surface area contributed by atoms with E-state index in [0.717, 1.165) is 12.8 Å². The largest absolute Gasteiger partial charge is 0.490 e. The van der Waals surface area contributed by atoms with Crippen LogP contribution in [-0.2, 0) is 4.74 Å². The summed E-state index contributed by atoms with van der Waals surface area (Å²) in [6, 6.07) is 4.59. The first kappa shape index (κ1) is 12.3. The molecule has 0 spiro atoms. The van der Waals surface area contributed by atoms with Gasteiger partial charge in [0.15, 0.2) is 0 Å². The van der Waals surface area contributed by atoms with Gasteiger partial charge in [0.1, 0.15) is 17.7 Å². The van der Waals surface area contributed by atoms with Crippen molar-refractivity contribution in [2.24, 2.45) is 0 Å². The van der Waals surface area contributed by atoms with Crippen molar-refractivity contribution in [3.63, 3.8) is 0 Å². The van der Waals surface area contributed by atoms with Crippen molar-refractivity contribution in [1.82, 2.24) is 0 Å². The Morgan fingerprint density at radius 1 is 1.41 bits per heavy atom. The molecule has 0 amide bonds. The minimum absolute atomic E-state index is 0.0977. The Bertz CT molecular complexity index is 373. The third-order valence-electron chi connectivity index (χ3n) is 2.89. The minimum atomic E-state index is -0.799. The van der Waals surface area contributed by atoms with Crippen molar-refractivity contribution in [2.75, 3.05) is 13.2 Å². The van der Waals surface area contributed by atoms with Crippen molar-refractivity contribution in [3.05, 3.63) is 29.6 Å². The predicted molar refractivity (Wildman–Crippen MR) is 61.5 cm³/mol. The fourth-order valence-corrected chi connectivity index (χ4v) is 1.91. The molecule has 0 aliphatic carbocycles. The quantitative estimate of drug-likeness (QED) is 0.882. The molecule has 0 bridgehead atoms. The summed E-state index contributed by atoms with van der Waals surface area (Å²) in [6.45, 7) is 2.93. The number of halogens is 1. The zero-order valence-electron chi connectivity index (χ0n) is 9.86. The minimum Gasteiger partial charge on any atom is -0.490 e. The molecule has 2 rings (SSSR count). The van der Waals surface area contributed by atoms with Crippen LogP contribution in [0.2, 0.25) is 0 Å². The van der Waals surface area contributed by atoms with Gasteiger partial charge in [-0.25, -0.2) is 4.39 Å². The van der Waals surface area contributed by atoms with Gasteiger partial charge in [0, 0.05) is 24.5 Å². The first-order valence-corrected chi connectivity index (χ1v) is 5.88. The van der Waals surface area contributed by atoms with Crippen LogP contribution in [0.1, 0.15) is 31.4 Å². The van der Waals surface area contributed by atoms with E-state index in [0.29, 0.717) is 24.5 Å². The topological polar surface area (TPSA) is 38.7 Å². The van der Waals surface area contributed by atoms with Crippen LogP contribution in [0.3, 0.4) is 0 Å². The van der Waals surface area contributed by atoms with Crippen LogP contribution in [0.5, 0.6) is 5.75 Å². The molecule has 4 heteroatoms. The smallest absolute Gasteiger partial charge is 0.132 e. The standard InChI is InChI=1S/C13H17FO3/c1-9(15)12-3-2-11(8-13(12)14)17-10-4-6-16-7-5-10/h2-3,8-10,15H,4-7H2,1H3/t9-/m0/s1. The van der Waals surface area contributed by atoms with Crippen LogP contribution in [-0.4, -0.2) is 24.4 Å². The van der Waals surface area contributed by atoms with Crippen LogP contribution in [0.15, 0.2) is 18.2 Å². The fourth-order valence-electron chi connectivity index (χ4n) is 1.91. The van der Waals surface area contributed by atoms with Gasteiger partial charge in [0.05, 0.1) is 19.3 Å². The number of ether oxygens (including phenoxy) is 2. The summed E-state index contributed by atoms with van der Waals surface area (Å²) in [5, 5.41) is 9.32. The molecule has 1 aliphatic rings. The van der Waals surface area contributed by atoms with Crippen molar-refractivity contribution in [1.29, 1.82) is 0 Å². The second kappa shape index (κ2) is 5.47. The van der Waals surface area contributed by atoms with Crippen LogP contribution in [0.25, 0.3) is 0 Å². The number of benzene rings is 1. The second-order valence-corrected chi connectivity index (χ2v) is 4.29. The summed E-state index contributed by atoms with van der Waals surface area (Å²) in [5.41, 5.74) is 0.296.